The highest BCUT2D eigenvalue weighted by atomic mass is 32.2. The van der Waals surface area contributed by atoms with Crippen LogP contribution in [0.2, 0.25) is 0 Å². The van der Waals surface area contributed by atoms with Crippen molar-refractivity contribution in [3.05, 3.63) is 71.8 Å². The van der Waals surface area contributed by atoms with Gasteiger partial charge in [-0.15, -0.1) is 0 Å². The number of carbonyl (C=O) groups excluding carboxylic acids is 1. The van der Waals surface area contributed by atoms with Gasteiger partial charge in [0.05, 0.1) is 12.4 Å². The van der Waals surface area contributed by atoms with Crippen LogP contribution in [-0.4, -0.2) is 21.0 Å². The maximum atomic E-state index is 12.4. The molecule has 0 fully saturated rings. The van der Waals surface area contributed by atoms with Crippen molar-refractivity contribution in [2.75, 3.05) is 6.61 Å². The number of esters is 1. The summed E-state index contributed by atoms with van der Waals surface area (Å²) in [6.45, 7) is 1.86. The van der Waals surface area contributed by atoms with Gasteiger partial charge < -0.3 is 4.74 Å². The topological polar surface area (TPSA) is 72.5 Å². The highest BCUT2D eigenvalue weighted by molar-refractivity contribution is 7.88. The zero-order chi connectivity index (χ0) is 16.7. The quantitative estimate of drug-likeness (QED) is 0.790. The zero-order valence-electron chi connectivity index (χ0n) is 12.8. The second-order valence-corrected chi connectivity index (χ2v) is 6.71. The molecule has 0 aliphatic heterocycles. The summed E-state index contributed by atoms with van der Waals surface area (Å²) in [7, 11) is -3.70. The molecule has 0 bridgehead atoms. The summed E-state index contributed by atoms with van der Waals surface area (Å²) in [5, 5.41) is 0. The second-order valence-electron chi connectivity index (χ2n) is 4.96. The summed E-state index contributed by atoms with van der Waals surface area (Å²) >= 11 is 0. The lowest BCUT2D eigenvalue weighted by atomic mass is 10.1. The number of rotatable bonds is 7. The lowest BCUT2D eigenvalue weighted by Gasteiger charge is -2.17. The average molecular weight is 333 g/mol. The van der Waals surface area contributed by atoms with Gasteiger partial charge in [0.25, 0.3) is 0 Å². The molecule has 0 aromatic heterocycles. The van der Waals surface area contributed by atoms with Gasteiger partial charge >= 0.3 is 5.97 Å². The van der Waals surface area contributed by atoms with E-state index in [-0.39, 0.29) is 12.4 Å². The lowest BCUT2D eigenvalue weighted by Crippen LogP contribution is -2.35. The largest absolute Gasteiger partial charge is 0.465 e. The van der Waals surface area contributed by atoms with Crippen LogP contribution in [0.25, 0.3) is 0 Å². The SMILES string of the molecule is CCOC(=O)C(NS(=O)(=O)Cc1ccccc1)c1ccccc1. The predicted molar refractivity (Wildman–Crippen MR) is 88.0 cm³/mol. The van der Waals surface area contributed by atoms with Crippen molar-refractivity contribution in [2.45, 2.75) is 18.7 Å². The molecule has 0 aliphatic carbocycles. The van der Waals surface area contributed by atoms with E-state index in [0.717, 1.165) is 0 Å². The molecule has 0 amide bonds. The van der Waals surface area contributed by atoms with Crippen molar-refractivity contribution in [1.82, 2.24) is 4.72 Å². The molecule has 0 radical (unpaired) electrons. The molecule has 122 valence electrons. The number of sulfonamides is 1. The average Bonchev–Trinajstić information content (AvgIpc) is 2.54. The van der Waals surface area contributed by atoms with Crippen molar-refractivity contribution in [2.24, 2.45) is 0 Å². The normalized spacial score (nSPS) is 12.6. The van der Waals surface area contributed by atoms with E-state index in [4.69, 9.17) is 4.74 Å². The maximum absolute atomic E-state index is 12.4. The molecule has 2 aromatic carbocycles. The van der Waals surface area contributed by atoms with E-state index in [0.29, 0.717) is 11.1 Å². The Labute approximate surface area is 136 Å². The summed E-state index contributed by atoms with van der Waals surface area (Å²) in [5.74, 6) is -0.813. The molecule has 23 heavy (non-hydrogen) atoms. The van der Waals surface area contributed by atoms with Crippen LogP contribution >= 0.6 is 0 Å². The van der Waals surface area contributed by atoms with E-state index in [9.17, 15) is 13.2 Å². The highest BCUT2D eigenvalue weighted by Gasteiger charge is 2.27. The molecule has 6 heteroatoms. The molecular formula is C17H19NO4S. The standard InChI is InChI=1S/C17H19NO4S/c1-2-22-17(19)16(15-11-7-4-8-12-15)18-23(20,21)13-14-9-5-3-6-10-14/h3-12,16,18H,2,13H2,1H3. The molecule has 2 aromatic rings. The van der Waals surface area contributed by atoms with Crippen molar-refractivity contribution < 1.29 is 17.9 Å². The third kappa shape index (κ3) is 5.19. The Balaban J connectivity index is 2.21. The number of hydrogen-bond donors (Lipinski definition) is 1. The van der Waals surface area contributed by atoms with Gasteiger partial charge in [0.1, 0.15) is 6.04 Å². The Bertz CT molecular complexity index is 730. The van der Waals surface area contributed by atoms with E-state index >= 15 is 0 Å². The van der Waals surface area contributed by atoms with E-state index < -0.39 is 22.0 Å². The fourth-order valence-electron chi connectivity index (χ4n) is 2.14. The van der Waals surface area contributed by atoms with Gasteiger partial charge in [0.2, 0.25) is 10.0 Å². The summed E-state index contributed by atoms with van der Waals surface area (Å²) < 4.78 is 32.2. The molecule has 0 heterocycles. The van der Waals surface area contributed by atoms with Gasteiger partial charge in [0, 0.05) is 0 Å². The minimum atomic E-state index is -3.70. The predicted octanol–water partition coefficient (Wildman–Crippen LogP) is 2.41. The Hall–Kier alpha value is -2.18. The monoisotopic (exact) mass is 333 g/mol. The Morgan fingerprint density at radius 3 is 2.17 bits per heavy atom. The Morgan fingerprint density at radius 1 is 1.04 bits per heavy atom. The third-order valence-electron chi connectivity index (χ3n) is 3.15. The molecule has 0 saturated heterocycles. The molecule has 1 unspecified atom stereocenters. The van der Waals surface area contributed by atoms with Crippen LogP contribution in [0.5, 0.6) is 0 Å². The fourth-order valence-corrected chi connectivity index (χ4v) is 3.44. The zero-order valence-corrected chi connectivity index (χ0v) is 13.6. The summed E-state index contributed by atoms with van der Waals surface area (Å²) in [4.78, 5) is 12.1. The summed E-state index contributed by atoms with van der Waals surface area (Å²) in [6, 6.07) is 16.4. The van der Waals surface area contributed by atoms with Crippen LogP contribution in [0, 0.1) is 0 Å². The number of carbonyl (C=O) groups is 1. The Morgan fingerprint density at radius 2 is 1.61 bits per heavy atom. The maximum Gasteiger partial charge on any atom is 0.328 e. The molecule has 1 N–H and O–H groups in total. The van der Waals surface area contributed by atoms with Gasteiger partial charge in [-0.2, -0.15) is 4.72 Å². The first-order valence-corrected chi connectivity index (χ1v) is 8.92. The number of benzene rings is 2. The minimum Gasteiger partial charge on any atom is -0.465 e. The summed E-state index contributed by atoms with van der Waals surface area (Å²) in [6.07, 6.45) is 0. The van der Waals surface area contributed by atoms with Gasteiger partial charge in [-0.05, 0) is 18.1 Å². The van der Waals surface area contributed by atoms with E-state index in [2.05, 4.69) is 4.72 Å². The number of hydrogen-bond acceptors (Lipinski definition) is 4. The van der Waals surface area contributed by atoms with E-state index in [1.165, 1.54) is 0 Å². The molecule has 5 nitrogen and oxygen atoms in total. The van der Waals surface area contributed by atoms with E-state index in [1.54, 1.807) is 61.5 Å². The molecule has 0 saturated carbocycles. The second kappa shape index (κ2) is 7.89. The van der Waals surface area contributed by atoms with Crippen LogP contribution in [0.4, 0.5) is 0 Å². The first-order chi connectivity index (χ1) is 11.0. The van der Waals surface area contributed by atoms with Crippen molar-refractivity contribution in [3.63, 3.8) is 0 Å². The number of nitrogens with one attached hydrogen (secondary N) is 1. The van der Waals surface area contributed by atoms with Crippen LogP contribution in [0.3, 0.4) is 0 Å². The first kappa shape index (κ1) is 17.2. The van der Waals surface area contributed by atoms with Crippen LogP contribution in [0.1, 0.15) is 24.1 Å². The molecule has 1 atom stereocenters. The number of ether oxygens (including phenoxy) is 1. The van der Waals surface area contributed by atoms with Crippen molar-refractivity contribution >= 4 is 16.0 Å². The van der Waals surface area contributed by atoms with Crippen molar-refractivity contribution in [3.8, 4) is 0 Å². The van der Waals surface area contributed by atoms with E-state index in [1.807, 2.05) is 6.07 Å². The van der Waals surface area contributed by atoms with Gasteiger partial charge in [-0.1, -0.05) is 60.7 Å². The lowest BCUT2D eigenvalue weighted by molar-refractivity contribution is -0.145. The third-order valence-corrected chi connectivity index (χ3v) is 4.46. The summed E-state index contributed by atoms with van der Waals surface area (Å²) in [5.41, 5.74) is 1.19. The smallest absolute Gasteiger partial charge is 0.328 e. The van der Waals surface area contributed by atoms with Crippen LogP contribution in [-0.2, 0) is 25.3 Å². The highest BCUT2D eigenvalue weighted by Crippen LogP contribution is 2.17. The first-order valence-electron chi connectivity index (χ1n) is 7.27. The molecular weight excluding hydrogens is 314 g/mol. The molecule has 0 spiro atoms. The van der Waals surface area contributed by atoms with Crippen LogP contribution < -0.4 is 4.72 Å². The van der Waals surface area contributed by atoms with Crippen LogP contribution in [0.15, 0.2) is 60.7 Å². The molecule has 0 aliphatic rings. The van der Waals surface area contributed by atoms with Gasteiger partial charge in [-0.3, -0.25) is 0 Å². The minimum absolute atomic E-state index is 0.183. The molecule has 2 rings (SSSR count). The van der Waals surface area contributed by atoms with Gasteiger partial charge in [-0.25, -0.2) is 13.2 Å². The fraction of sp³-hybridized carbons (Fsp3) is 0.235. The Kier molecular flexibility index (Phi) is 5.90. The van der Waals surface area contributed by atoms with Crippen molar-refractivity contribution in [1.29, 1.82) is 0 Å². The van der Waals surface area contributed by atoms with Gasteiger partial charge in [0.15, 0.2) is 0 Å².